The molecule has 0 saturated carbocycles. The molecule has 1 N–H and O–H groups in total. The van der Waals surface area contributed by atoms with Gasteiger partial charge in [-0.2, -0.15) is 22.0 Å². The predicted octanol–water partition coefficient (Wildman–Crippen LogP) is 2.60. The van der Waals surface area contributed by atoms with Gasteiger partial charge in [-0.05, 0) is 12.1 Å². The topological polar surface area (TPSA) is 20.2 Å². The maximum Gasteiger partial charge on any atom is 0.457 e. The van der Waals surface area contributed by atoms with Crippen LogP contribution in [0.4, 0.5) is 22.0 Å². The maximum absolute atomic E-state index is 12.5. The molecule has 0 aliphatic rings. The second-order valence-electron chi connectivity index (χ2n) is 3.16. The van der Waals surface area contributed by atoms with E-state index in [9.17, 15) is 22.0 Å². The Balaban J connectivity index is 2.87. The normalized spacial score (nSPS) is 13.8. The molecule has 0 bridgehead atoms. The summed E-state index contributed by atoms with van der Waals surface area (Å²) in [6.45, 7) is 0. The van der Waals surface area contributed by atoms with Gasteiger partial charge in [-0.3, -0.25) is 0 Å². The second-order valence-corrected chi connectivity index (χ2v) is 3.16. The van der Waals surface area contributed by atoms with Crippen LogP contribution in [0.15, 0.2) is 30.3 Å². The molecule has 92 valence electrons. The van der Waals surface area contributed by atoms with Crippen molar-refractivity contribution in [1.82, 2.24) is 0 Å². The van der Waals surface area contributed by atoms with Crippen molar-refractivity contribution in [3.63, 3.8) is 0 Å². The third-order valence-electron chi connectivity index (χ3n) is 1.85. The van der Waals surface area contributed by atoms with Crippen molar-refractivity contribution in [3.05, 3.63) is 35.9 Å². The molecular weight excluding hydrogens is 243 g/mol. The van der Waals surface area contributed by atoms with Crippen molar-refractivity contribution in [3.8, 4) is 11.8 Å². The highest BCUT2D eigenvalue weighted by atomic mass is 19.4. The van der Waals surface area contributed by atoms with E-state index in [0.717, 1.165) is 0 Å². The zero-order valence-electron chi connectivity index (χ0n) is 8.30. The molecule has 1 unspecified atom stereocenters. The SMILES string of the molecule is OC(C#Cc1ccccc1)C(F)(F)C(F)(F)F. The van der Waals surface area contributed by atoms with Crippen LogP contribution in [0, 0.1) is 11.8 Å². The molecule has 0 aromatic heterocycles. The summed E-state index contributed by atoms with van der Waals surface area (Å²) in [5.41, 5.74) is 0.240. The molecule has 0 spiro atoms. The summed E-state index contributed by atoms with van der Waals surface area (Å²) >= 11 is 0. The summed E-state index contributed by atoms with van der Waals surface area (Å²) in [5, 5.41) is 8.73. The molecule has 17 heavy (non-hydrogen) atoms. The quantitative estimate of drug-likeness (QED) is 0.600. The zero-order chi connectivity index (χ0) is 13.1. The number of aliphatic hydroxyl groups excluding tert-OH is 1. The van der Waals surface area contributed by atoms with E-state index >= 15 is 0 Å². The van der Waals surface area contributed by atoms with Gasteiger partial charge in [-0.15, -0.1) is 0 Å². The molecule has 1 rings (SSSR count). The number of rotatable bonds is 1. The van der Waals surface area contributed by atoms with Crippen LogP contribution in [0.1, 0.15) is 5.56 Å². The Morgan fingerprint density at radius 3 is 2.00 bits per heavy atom. The van der Waals surface area contributed by atoms with Crippen molar-refractivity contribution in [2.24, 2.45) is 0 Å². The first-order chi connectivity index (χ1) is 7.75. The lowest BCUT2D eigenvalue weighted by Gasteiger charge is -2.21. The van der Waals surface area contributed by atoms with Crippen LogP contribution in [0.5, 0.6) is 0 Å². The van der Waals surface area contributed by atoms with E-state index in [1.807, 2.05) is 5.92 Å². The average Bonchev–Trinajstić information content (AvgIpc) is 2.25. The van der Waals surface area contributed by atoms with E-state index in [2.05, 4.69) is 0 Å². The number of aliphatic hydroxyl groups is 1. The van der Waals surface area contributed by atoms with Crippen molar-refractivity contribution >= 4 is 0 Å². The summed E-state index contributed by atoms with van der Waals surface area (Å²) in [6, 6.07) is 7.55. The minimum absolute atomic E-state index is 0.240. The molecule has 0 saturated heterocycles. The summed E-state index contributed by atoms with van der Waals surface area (Å²) < 4.78 is 60.6. The number of hydrogen-bond acceptors (Lipinski definition) is 1. The Kier molecular flexibility index (Phi) is 3.73. The van der Waals surface area contributed by atoms with Crippen molar-refractivity contribution in [2.45, 2.75) is 18.2 Å². The van der Waals surface area contributed by atoms with Crippen LogP contribution in [0.3, 0.4) is 0 Å². The lowest BCUT2D eigenvalue weighted by atomic mass is 10.1. The van der Waals surface area contributed by atoms with Gasteiger partial charge in [-0.1, -0.05) is 30.0 Å². The van der Waals surface area contributed by atoms with Gasteiger partial charge in [0.25, 0.3) is 0 Å². The van der Waals surface area contributed by atoms with E-state index < -0.39 is 18.2 Å². The fourth-order valence-corrected chi connectivity index (χ4v) is 0.919. The molecule has 0 aliphatic carbocycles. The van der Waals surface area contributed by atoms with Gasteiger partial charge in [0, 0.05) is 5.56 Å². The Morgan fingerprint density at radius 2 is 1.53 bits per heavy atom. The number of alkyl halides is 5. The largest absolute Gasteiger partial charge is 0.457 e. The fraction of sp³-hybridized carbons (Fsp3) is 0.273. The summed E-state index contributed by atoms with van der Waals surface area (Å²) in [6.07, 6.45) is -8.90. The van der Waals surface area contributed by atoms with Crippen LogP contribution in [-0.4, -0.2) is 23.3 Å². The van der Waals surface area contributed by atoms with Gasteiger partial charge < -0.3 is 5.11 Å². The van der Waals surface area contributed by atoms with E-state index in [-0.39, 0.29) is 5.56 Å². The molecule has 1 nitrogen and oxygen atoms in total. The monoisotopic (exact) mass is 250 g/mol. The van der Waals surface area contributed by atoms with Crippen molar-refractivity contribution < 1.29 is 27.1 Å². The predicted molar refractivity (Wildman–Crippen MR) is 50.3 cm³/mol. The molecule has 0 radical (unpaired) electrons. The highest BCUT2D eigenvalue weighted by molar-refractivity contribution is 5.35. The smallest absolute Gasteiger partial charge is 0.374 e. The maximum atomic E-state index is 12.5. The lowest BCUT2D eigenvalue weighted by molar-refractivity contribution is -0.304. The molecule has 0 aliphatic heterocycles. The molecule has 0 amide bonds. The van der Waals surface area contributed by atoms with Crippen LogP contribution in [-0.2, 0) is 0 Å². The molecular formula is C11H7F5O. The Labute approximate surface area is 93.9 Å². The van der Waals surface area contributed by atoms with Gasteiger partial charge in [0.1, 0.15) is 0 Å². The first-order valence-corrected chi connectivity index (χ1v) is 4.44. The molecule has 0 heterocycles. The van der Waals surface area contributed by atoms with Gasteiger partial charge in [-0.25, -0.2) is 0 Å². The average molecular weight is 250 g/mol. The number of hydrogen-bond donors (Lipinski definition) is 1. The first-order valence-electron chi connectivity index (χ1n) is 4.44. The standard InChI is InChI=1S/C11H7F5O/c12-10(13,11(14,15)16)9(17)7-6-8-4-2-1-3-5-8/h1-5,9,17H. The third-order valence-corrected chi connectivity index (χ3v) is 1.85. The molecule has 1 atom stereocenters. The highest BCUT2D eigenvalue weighted by Gasteiger charge is 2.62. The minimum atomic E-state index is -5.82. The second kappa shape index (κ2) is 4.72. The van der Waals surface area contributed by atoms with Crippen LogP contribution in [0.25, 0.3) is 0 Å². The van der Waals surface area contributed by atoms with Gasteiger partial charge in [0.15, 0.2) is 6.10 Å². The van der Waals surface area contributed by atoms with E-state index in [1.54, 1.807) is 6.07 Å². The fourth-order valence-electron chi connectivity index (χ4n) is 0.919. The van der Waals surface area contributed by atoms with Crippen LogP contribution >= 0.6 is 0 Å². The minimum Gasteiger partial charge on any atom is -0.374 e. The molecule has 1 aromatic rings. The Morgan fingerprint density at radius 1 is 1.00 bits per heavy atom. The molecule has 6 heteroatoms. The summed E-state index contributed by atoms with van der Waals surface area (Å²) in [7, 11) is 0. The van der Waals surface area contributed by atoms with Crippen molar-refractivity contribution in [2.75, 3.05) is 0 Å². The van der Waals surface area contributed by atoms with Crippen LogP contribution in [0.2, 0.25) is 0 Å². The molecule has 0 fully saturated rings. The Hall–Kier alpha value is -1.61. The van der Waals surface area contributed by atoms with Crippen LogP contribution < -0.4 is 0 Å². The zero-order valence-corrected chi connectivity index (χ0v) is 8.30. The Bertz CT molecular complexity index is 427. The van der Waals surface area contributed by atoms with E-state index in [1.165, 1.54) is 30.2 Å². The summed E-state index contributed by atoms with van der Waals surface area (Å²) in [5.74, 6) is -1.72. The summed E-state index contributed by atoms with van der Waals surface area (Å²) in [4.78, 5) is 0. The van der Waals surface area contributed by atoms with E-state index in [4.69, 9.17) is 5.11 Å². The first kappa shape index (κ1) is 13.5. The molecule has 1 aromatic carbocycles. The number of halogens is 5. The van der Waals surface area contributed by atoms with Crippen molar-refractivity contribution in [1.29, 1.82) is 0 Å². The van der Waals surface area contributed by atoms with Gasteiger partial charge in [0.05, 0.1) is 0 Å². The highest BCUT2D eigenvalue weighted by Crippen LogP contribution is 2.37. The van der Waals surface area contributed by atoms with Gasteiger partial charge >= 0.3 is 12.1 Å². The number of benzene rings is 1. The van der Waals surface area contributed by atoms with Gasteiger partial charge in [0.2, 0.25) is 0 Å². The lowest BCUT2D eigenvalue weighted by Crippen LogP contribution is -2.46. The third kappa shape index (κ3) is 3.17. The van der Waals surface area contributed by atoms with E-state index in [0.29, 0.717) is 0 Å².